The van der Waals surface area contributed by atoms with E-state index in [1.807, 2.05) is 18.2 Å². The zero-order valence-electron chi connectivity index (χ0n) is 12.7. The van der Waals surface area contributed by atoms with Gasteiger partial charge < -0.3 is 9.47 Å². The summed E-state index contributed by atoms with van der Waals surface area (Å²) in [7, 11) is -3.73. The van der Waals surface area contributed by atoms with E-state index in [0.717, 1.165) is 18.4 Å². The predicted octanol–water partition coefficient (Wildman–Crippen LogP) is 1.48. The van der Waals surface area contributed by atoms with E-state index in [4.69, 9.17) is 9.47 Å². The van der Waals surface area contributed by atoms with Crippen LogP contribution in [0.25, 0.3) is 6.08 Å². The Labute approximate surface area is 135 Å². The highest BCUT2D eigenvalue weighted by atomic mass is 32.2. The molecule has 1 saturated heterocycles. The highest BCUT2D eigenvalue weighted by molar-refractivity contribution is 7.90. The minimum Gasteiger partial charge on any atom is -0.488 e. The molecule has 2 heterocycles. The number of sulfonamides is 1. The van der Waals surface area contributed by atoms with E-state index in [9.17, 15) is 13.2 Å². The number of fused-ring (bicyclic) bond motifs is 1. The second kappa shape index (κ2) is 6.72. The first-order chi connectivity index (χ1) is 11.0. The Morgan fingerprint density at radius 2 is 2.09 bits per heavy atom. The van der Waals surface area contributed by atoms with Gasteiger partial charge in [0.15, 0.2) is 0 Å². The van der Waals surface area contributed by atoms with Crippen LogP contribution in [0.15, 0.2) is 29.8 Å². The predicted molar refractivity (Wildman–Crippen MR) is 85.4 cm³/mol. The van der Waals surface area contributed by atoms with Gasteiger partial charge in [0.05, 0.1) is 17.4 Å². The van der Waals surface area contributed by atoms with Gasteiger partial charge in [0.25, 0.3) is 5.91 Å². The summed E-state index contributed by atoms with van der Waals surface area (Å²) in [6.07, 6.45) is 3.91. The molecule has 1 aromatic carbocycles. The fourth-order valence-corrected chi connectivity index (χ4v) is 3.93. The van der Waals surface area contributed by atoms with Gasteiger partial charge in [-0.25, -0.2) is 13.1 Å². The molecule has 0 bridgehead atoms. The van der Waals surface area contributed by atoms with Crippen LogP contribution in [0, 0.1) is 0 Å². The molecule has 0 aliphatic carbocycles. The van der Waals surface area contributed by atoms with Gasteiger partial charge in [0.1, 0.15) is 12.4 Å². The van der Waals surface area contributed by atoms with Gasteiger partial charge in [-0.2, -0.15) is 0 Å². The van der Waals surface area contributed by atoms with Crippen LogP contribution in [0.4, 0.5) is 0 Å². The molecule has 0 unspecified atom stereocenters. The lowest BCUT2D eigenvalue weighted by atomic mass is 10.1. The van der Waals surface area contributed by atoms with Crippen LogP contribution in [0.5, 0.6) is 5.75 Å². The summed E-state index contributed by atoms with van der Waals surface area (Å²) >= 11 is 0. The van der Waals surface area contributed by atoms with E-state index >= 15 is 0 Å². The standard InChI is InChI=1S/C16H19NO5S/c18-16(13-9-12-5-1-2-7-15(12)22-10-13)17-23(19,20)11-14-6-3-4-8-21-14/h1-2,5,7,9,14H,3-4,6,8,10-11H2,(H,17,18)/t14-/m1/s1. The van der Waals surface area contributed by atoms with Crippen molar-refractivity contribution in [3.63, 3.8) is 0 Å². The first-order valence-electron chi connectivity index (χ1n) is 7.62. The fourth-order valence-electron chi connectivity index (χ4n) is 2.68. The fraction of sp³-hybridized carbons (Fsp3) is 0.438. The summed E-state index contributed by atoms with van der Waals surface area (Å²) in [5.41, 5.74) is 1.05. The average Bonchev–Trinajstić information content (AvgIpc) is 2.54. The molecule has 0 radical (unpaired) electrons. The van der Waals surface area contributed by atoms with Crippen LogP contribution in [0.1, 0.15) is 24.8 Å². The van der Waals surface area contributed by atoms with Gasteiger partial charge in [-0.1, -0.05) is 18.2 Å². The van der Waals surface area contributed by atoms with E-state index in [0.29, 0.717) is 18.8 Å². The SMILES string of the molecule is O=C(NS(=O)(=O)C[C@H]1CCCCO1)C1=Cc2ccccc2OC1. The molecule has 1 atom stereocenters. The minimum atomic E-state index is -3.73. The summed E-state index contributed by atoms with van der Waals surface area (Å²) in [6, 6.07) is 7.28. The Morgan fingerprint density at radius 1 is 1.26 bits per heavy atom. The van der Waals surface area contributed by atoms with Gasteiger partial charge in [-0.3, -0.25) is 4.79 Å². The van der Waals surface area contributed by atoms with Crippen molar-refractivity contribution in [2.45, 2.75) is 25.4 Å². The molecule has 0 aromatic heterocycles. The van der Waals surface area contributed by atoms with Gasteiger partial charge in [-0.05, 0) is 31.4 Å². The molecule has 1 aromatic rings. The molecule has 7 heteroatoms. The third-order valence-corrected chi connectivity index (χ3v) is 5.16. The molecule has 6 nitrogen and oxygen atoms in total. The largest absolute Gasteiger partial charge is 0.488 e. The lowest BCUT2D eigenvalue weighted by Crippen LogP contribution is -2.39. The Morgan fingerprint density at radius 3 is 2.87 bits per heavy atom. The normalized spacial score (nSPS) is 20.9. The summed E-state index contributed by atoms with van der Waals surface area (Å²) in [6.45, 7) is 0.627. The Hall–Kier alpha value is -1.86. The molecule has 0 spiro atoms. The zero-order valence-corrected chi connectivity index (χ0v) is 13.5. The van der Waals surface area contributed by atoms with Gasteiger partial charge >= 0.3 is 0 Å². The lowest BCUT2D eigenvalue weighted by molar-refractivity contribution is -0.116. The molecule has 0 saturated carbocycles. The monoisotopic (exact) mass is 337 g/mol. The second-order valence-electron chi connectivity index (χ2n) is 5.70. The van der Waals surface area contributed by atoms with Crippen LogP contribution in [0.2, 0.25) is 0 Å². The van der Waals surface area contributed by atoms with E-state index < -0.39 is 15.9 Å². The van der Waals surface area contributed by atoms with Gasteiger partial charge in [0.2, 0.25) is 10.0 Å². The highest BCUT2D eigenvalue weighted by Gasteiger charge is 2.26. The number of nitrogens with one attached hydrogen (secondary N) is 1. The molecular weight excluding hydrogens is 318 g/mol. The number of rotatable bonds is 4. The third-order valence-electron chi connectivity index (χ3n) is 3.85. The number of hydrogen-bond acceptors (Lipinski definition) is 5. The minimum absolute atomic E-state index is 0.0539. The molecule has 1 N–H and O–H groups in total. The molecule has 2 aliphatic rings. The Kier molecular flexibility index (Phi) is 4.68. The maximum absolute atomic E-state index is 12.2. The number of ether oxygens (including phenoxy) is 2. The van der Waals surface area contributed by atoms with Gasteiger partial charge in [-0.15, -0.1) is 0 Å². The van der Waals surface area contributed by atoms with Crippen molar-refractivity contribution >= 4 is 22.0 Å². The summed E-state index contributed by atoms with van der Waals surface area (Å²) in [4.78, 5) is 12.2. The van der Waals surface area contributed by atoms with Crippen LogP contribution in [0.3, 0.4) is 0 Å². The molecule has 3 rings (SSSR count). The smallest absolute Gasteiger partial charge is 0.264 e. The third kappa shape index (κ3) is 4.11. The van der Waals surface area contributed by atoms with Crippen LogP contribution < -0.4 is 9.46 Å². The number of hydrogen-bond donors (Lipinski definition) is 1. The number of amides is 1. The number of carbonyl (C=O) groups is 1. The maximum Gasteiger partial charge on any atom is 0.264 e. The Balaban J connectivity index is 1.66. The summed E-state index contributed by atoms with van der Waals surface area (Å²) in [5.74, 6) is -0.151. The molecule has 1 fully saturated rings. The maximum atomic E-state index is 12.2. The topological polar surface area (TPSA) is 81.7 Å². The van der Waals surface area contributed by atoms with Crippen molar-refractivity contribution in [2.75, 3.05) is 19.0 Å². The lowest BCUT2D eigenvalue weighted by Gasteiger charge is -2.22. The first-order valence-corrected chi connectivity index (χ1v) is 9.27. The van der Waals surface area contributed by atoms with Crippen LogP contribution in [-0.4, -0.2) is 39.4 Å². The van der Waals surface area contributed by atoms with Crippen molar-refractivity contribution in [1.82, 2.24) is 4.72 Å². The van der Waals surface area contributed by atoms with Crippen LogP contribution in [-0.2, 0) is 19.6 Å². The van der Waals surface area contributed by atoms with Gasteiger partial charge in [0, 0.05) is 12.2 Å². The summed E-state index contributed by atoms with van der Waals surface area (Å²) < 4.78 is 37.2. The van der Waals surface area contributed by atoms with Crippen molar-refractivity contribution in [2.24, 2.45) is 0 Å². The molecular formula is C16H19NO5S. The quantitative estimate of drug-likeness (QED) is 0.900. The highest BCUT2D eigenvalue weighted by Crippen LogP contribution is 2.25. The van der Waals surface area contributed by atoms with Crippen molar-refractivity contribution < 1.29 is 22.7 Å². The Bertz CT molecular complexity index is 720. The average molecular weight is 337 g/mol. The molecule has 124 valence electrons. The van der Waals surface area contributed by atoms with E-state index in [-0.39, 0.29) is 24.0 Å². The van der Waals surface area contributed by atoms with Crippen molar-refractivity contribution in [1.29, 1.82) is 0 Å². The molecule has 2 aliphatic heterocycles. The van der Waals surface area contributed by atoms with Crippen LogP contribution >= 0.6 is 0 Å². The number of carbonyl (C=O) groups excluding carboxylic acids is 1. The molecule has 23 heavy (non-hydrogen) atoms. The van der Waals surface area contributed by atoms with E-state index in [1.54, 1.807) is 12.1 Å². The number of benzene rings is 1. The summed E-state index contributed by atoms with van der Waals surface area (Å²) in [5, 5.41) is 0. The molecule has 1 amide bonds. The zero-order chi connectivity index (χ0) is 16.3. The van der Waals surface area contributed by atoms with Crippen molar-refractivity contribution in [3.8, 4) is 5.75 Å². The first kappa shape index (κ1) is 16.0. The number of para-hydroxylation sites is 1. The van der Waals surface area contributed by atoms with E-state index in [2.05, 4.69) is 4.72 Å². The van der Waals surface area contributed by atoms with Crippen molar-refractivity contribution in [3.05, 3.63) is 35.4 Å². The van der Waals surface area contributed by atoms with E-state index in [1.165, 1.54) is 0 Å². The second-order valence-corrected chi connectivity index (χ2v) is 7.46.